The number of hydrogen-bond donors (Lipinski definition) is 1. The summed E-state index contributed by atoms with van der Waals surface area (Å²) in [5, 5.41) is 7.77. The molecule has 1 aromatic heterocycles. The molecule has 0 aliphatic carbocycles. The summed E-state index contributed by atoms with van der Waals surface area (Å²) in [6.07, 6.45) is 1.29. The molecule has 0 radical (unpaired) electrons. The Balaban J connectivity index is 2.31. The van der Waals surface area contributed by atoms with E-state index >= 15 is 0 Å². The normalized spacial score (nSPS) is 20.8. The molecule has 0 spiro atoms. The molecule has 1 atom stereocenters. The Kier molecular flexibility index (Phi) is 3.19. The molecule has 2 rings (SSSR count). The van der Waals surface area contributed by atoms with E-state index in [2.05, 4.69) is 29.2 Å². The van der Waals surface area contributed by atoms with E-state index in [0.29, 0.717) is 0 Å². The molecule has 1 unspecified atom stereocenters. The largest absolute Gasteiger partial charge is 0.356 e. The van der Waals surface area contributed by atoms with Gasteiger partial charge in [-0.05, 0) is 26.3 Å². The summed E-state index contributed by atoms with van der Waals surface area (Å²) < 4.78 is 2.03. The van der Waals surface area contributed by atoms with Gasteiger partial charge in [-0.3, -0.25) is 4.68 Å². The third-order valence-corrected chi connectivity index (χ3v) is 3.39. The maximum atomic E-state index is 4.53. The van der Waals surface area contributed by atoms with Gasteiger partial charge in [0.15, 0.2) is 0 Å². The van der Waals surface area contributed by atoms with Crippen molar-refractivity contribution in [2.45, 2.75) is 26.8 Å². The number of nitrogens with one attached hydrogen (secondary N) is 1. The smallest absolute Gasteiger partial charge is 0.131 e. The van der Waals surface area contributed by atoms with E-state index in [0.717, 1.165) is 31.2 Å². The van der Waals surface area contributed by atoms with Crippen molar-refractivity contribution < 1.29 is 0 Å². The first kappa shape index (κ1) is 11.5. The first-order valence-corrected chi connectivity index (χ1v) is 6.05. The first-order chi connectivity index (χ1) is 7.63. The van der Waals surface area contributed by atoms with Crippen molar-refractivity contribution in [3.8, 4) is 0 Å². The molecule has 1 saturated heterocycles. The van der Waals surface area contributed by atoms with Crippen LogP contribution in [0.25, 0.3) is 0 Å². The van der Waals surface area contributed by atoms with Crippen molar-refractivity contribution in [2.75, 3.05) is 25.0 Å². The van der Waals surface area contributed by atoms with Gasteiger partial charge < -0.3 is 10.2 Å². The Morgan fingerprint density at radius 2 is 2.25 bits per heavy atom. The van der Waals surface area contributed by atoms with Gasteiger partial charge in [0.05, 0.1) is 5.69 Å². The molecule has 1 fully saturated rings. The van der Waals surface area contributed by atoms with Gasteiger partial charge in [0.2, 0.25) is 0 Å². The highest BCUT2D eigenvalue weighted by atomic mass is 15.4. The van der Waals surface area contributed by atoms with E-state index in [1.807, 2.05) is 18.8 Å². The minimum Gasteiger partial charge on any atom is -0.356 e. The van der Waals surface area contributed by atoms with E-state index in [1.54, 1.807) is 0 Å². The summed E-state index contributed by atoms with van der Waals surface area (Å²) in [6.45, 7) is 7.64. The maximum Gasteiger partial charge on any atom is 0.131 e. The Morgan fingerprint density at radius 3 is 2.81 bits per heavy atom. The summed E-state index contributed by atoms with van der Waals surface area (Å²) in [5.74, 6) is 2.11. The van der Waals surface area contributed by atoms with Crippen molar-refractivity contribution in [3.05, 3.63) is 11.3 Å². The fourth-order valence-corrected chi connectivity index (χ4v) is 2.60. The molecule has 0 bridgehead atoms. The van der Waals surface area contributed by atoms with Crippen LogP contribution >= 0.6 is 0 Å². The molecule has 90 valence electrons. The Morgan fingerprint density at radius 1 is 1.50 bits per heavy atom. The van der Waals surface area contributed by atoms with Gasteiger partial charge in [0, 0.05) is 32.2 Å². The van der Waals surface area contributed by atoms with Crippen LogP contribution in [-0.4, -0.2) is 29.9 Å². The number of aryl methyl sites for hydroxylation is 2. The highest BCUT2D eigenvalue weighted by Crippen LogP contribution is 2.28. The van der Waals surface area contributed by atoms with Crippen LogP contribution in [0.1, 0.15) is 24.6 Å². The lowest BCUT2D eigenvalue weighted by molar-refractivity contribution is 0.654. The zero-order valence-corrected chi connectivity index (χ0v) is 10.7. The lowest BCUT2D eigenvalue weighted by Crippen LogP contribution is -2.24. The summed E-state index contributed by atoms with van der Waals surface area (Å²) in [4.78, 5) is 2.47. The molecule has 1 aromatic rings. The predicted molar refractivity (Wildman–Crippen MR) is 66.7 cm³/mol. The second-order valence-electron chi connectivity index (χ2n) is 4.88. The fraction of sp³-hybridized carbons (Fsp3) is 0.750. The topological polar surface area (TPSA) is 33.1 Å². The Hall–Kier alpha value is -1.03. The van der Waals surface area contributed by atoms with Crippen LogP contribution in [0.2, 0.25) is 0 Å². The number of nitrogens with zero attached hydrogens (tertiary/aromatic N) is 3. The van der Waals surface area contributed by atoms with Gasteiger partial charge in [0.1, 0.15) is 5.82 Å². The lowest BCUT2D eigenvalue weighted by atomic mass is 10.2. The molecule has 0 amide bonds. The van der Waals surface area contributed by atoms with Crippen LogP contribution < -0.4 is 10.2 Å². The molecule has 16 heavy (non-hydrogen) atoms. The number of anilines is 1. The SMILES string of the molecule is CNCc1c(C)nn(C)c1N1CCC(C)C1. The standard InChI is InChI=1S/C12H22N4/c1-9-5-6-16(8-9)12-11(7-13-3)10(2)14-15(12)4/h9,13H,5-8H2,1-4H3. The van der Waals surface area contributed by atoms with E-state index in [-0.39, 0.29) is 0 Å². The van der Waals surface area contributed by atoms with Gasteiger partial charge in [-0.15, -0.1) is 0 Å². The minimum atomic E-state index is 0.803. The number of hydrogen-bond acceptors (Lipinski definition) is 3. The fourth-order valence-electron chi connectivity index (χ4n) is 2.60. The third kappa shape index (κ3) is 1.94. The molecule has 1 aliphatic heterocycles. The van der Waals surface area contributed by atoms with Gasteiger partial charge in [-0.1, -0.05) is 6.92 Å². The molecule has 1 N–H and O–H groups in total. The average molecular weight is 222 g/mol. The summed E-state index contributed by atoms with van der Waals surface area (Å²) in [7, 11) is 4.04. The molecule has 1 aliphatic rings. The van der Waals surface area contributed by atoms with Crippen molar-refractivity contribution in [1.29, 1.82) is 0 Å². The Labute approximate surface area is 97.6 Å². The van der Waals surface area contributed by atoms with E-state index in [4.69, 9.17) is 0 Å². The van der Waals surface area contributed by atoms with Crippen molar-refractivity contribution in [3.63, 3.8) is 0 Å². The quantitative estimate of drug-likeness (QED) is 0.836. The first-order valence-electron chi connectivity index (χ1n) is 6.05. The van der Waals surface area contributed by atoms with Crippen LogP contribution in [-0.2, 0) is 13.6 Å². The van der Waals surface area contributed by atoms with Crippen molar-refractivity contribution in [1.82, 2.24) is 15.1 Å². The van der Waals surface area contributed by atoms with Crippen LogP contribution in [0.3, 0.4) is 0 Å². The maximum absolute atomic E-state index is 4.53. The van der Waals surface area contributed by atoms with Crippen molar-refractivity contribution in [2.24, 2.45) is 13.0 Å². The Bertz CT molecular complexity index is 369. The van der Waals surface area contributed by atoms with Gasteiger partial charge in [-0.2, -0.15) is 5.10 Å². The number of rotatable bonds is 3. The van der Waals surface area contributed by atoms with Crippen LogP contribution in [0.5, 0.6) is 0 Å². The van der Waals surface area contributed by atoms with E-state index in [1.165, 1.54) is 17.8 Å². The predicted octanol–water partition coefficient (Wildman–Crippen LogP) is 1.29. The van der Waals surface area contributed by atoms with Crippen LogP contribution in [0.15, 0.2) is 0 Å². The molecular formula is C12H22N4. The number of aromatic nitrogens is 2. The van der Waals surface area contributed by atoms with Gasteiger partial charge in [0.25, 0.3) is 0 Å². The highest BCUT2D eigenvalue weighted by Gasteiger charge is 2.24. The van der Waals surface area contributed by atoms with Crippen molar-refractivity contribution >= 4 is 5.82 Å². The van der Waals surface area contributed by atoms with Crippen LogP contribution in [0.4, 0.5) is 5.82 Å². The second-order valence-corrected chi connectivity index (χ2v) is 4.88. The molecule has 4 heteroatoms. The zero-order chi connectivity index (χ0) is 11.7. The highest BCUT2D eigenvalue weighted by molar-refractivity contribution is 5.51. The van der Waals surface area contributed by atoms with E-state index in [9.17, 15) is 0 Å². The van der Waals surface area contributed by atoms with Gasteiger partial charge in [-0.25, -0.2) is 0 Å². The van der Waals surface area contributed by atoms with Gasteiger partial charge >= 0.3 is 0 Å². The minimum absolute atomic E-state index is 0.803. The third-order valence-electron chi connectivity index (χ3n) is 3.39. The molecule has 0 aromatic carbocycles. The molecular weight excluding hydrogens is 200 g/mol. The lowest BCUT2D eigenvalue weighted by Gasteiger charge is -2.20. The second kappa shape index (κ2) is 4.45. The monoisotopic (exact) mass is 222 g/mol. The molecule has 2 heterocycles. The molecule has 0 saturated carbocycles. The van der Waals surface area contributed by atoms with E-state index < -0.39 is 0 Å². The molecule has 4 nitrogen and oxygen atoms in total. The summed E-state index contributed by atoms with van der Waals surface area (Å²) in [5.41, 5.74) is 2.49. The summed E-state index contributed by atoms with van der Waals surface area (Å²) in [6, 6.07) is 0. The zero-order valence-electron chi connectivity index (χ0n) is 10.7. The summed E-state index contributed by atoms with van der Waals surface area (Å²) >= 11 is 0. The average Bonchev–Trinajstić information content (AvgIpc) is 2.73. The van der Waals surface area contributed by atoms with Crippen LogP contribution in [0, 0.1) is 12.8 Å².